The summed E-state index contributed by atoms with van der Waals surface area (Å²) >= 11 is 0. The van der Waals surface area contributed by atoms with Crippen LogP contribution in [0.3, 0.4) is 0 Å². The summed E-state index contributed by atoms with van der Waals surface area (Å²) in [5, 5.41) is 0. The number of sulfonamides is 1. The molecular weight excluding hydrogens is 478 g/mol. The quantitative estimate of drug-likeness (QED) is 0.279. The maximum Gasteiger partial charge on any atom is 0.343 e. The fourth-order valence-electron chi connectivity index (χ4n) is 3.95. The average Bonchev–Trinajstić information content (AvgIpc) is 2.85. The van der Waals surface area contributed by atoms with Crippen LogP contribution >= 0.6 is 0 Å². The van der Waals surface area contributed by atoms with Crippen molar-refractivity contribution in [3.63, 3.8) is 0 Å². The summed E-state index contributed by atoms with van der Waals surface area (Å²) in [5.41, 5.74) is 2.54. The highest BCUT2D eigenvalue weighted by atomic mass is 32.2. The molecule has 0 aliphatic carbocycles. The van der Waals surface area contributed by atoms with Crippen LogP contribution in [0.1, 0.15) is 37.4 Å². The first-order valence-electron chi connectivity index (χ1n) is 11.0. The standard InChI is InChI=1S/C27H23N3O5S/c1-18-16-19(2)25(20(3)17-18)36(33,34)30(26(31)21-8-12-28-13-9-21)23-4-6-24(7-5-23)35-27(32)22-10-14-29-15-11-22/h4-17H,1-3H3. The molecule has 0 fully saturated rings. The van der Waals surface area contributed by atoms with Gasteiger partial charge < -0.3 is 4.74 Å². The smallest absolute Gasteiger partial charge is 0.343 e. The lowest BCUT2D eigenvalue weighted by Gasteiger charge is -2.25. The number of hydrogen-bond acceptors (Lipinski definition) is 7. The molecule has 0 spiro atoms. The highest BCUT2D eigenvalue weighted by Crippen LogP contribution is 2.31. The number of aryl methyl sites for hydroxylation is 3. The molecule has 0 radical (unpaired) electrons. The van der Waals surface area contributed by atoms with E-state index in [2.05, 4.69) is 9.97 Å². The molecule has 36 heavy (non-hydrogen) atoms. The number of carbonyl (C=O) groups excluding carboxylic acids is 2. The number of hydrogen-bond donors (Lipinski definition) is 0. The highest BCUT2D eigenvalue weighted by molar-refractivity contribution is 7.93. The monoisotopic (exact) mass is 501 g/mol. The molecule has 0 unspecified atom stereocenters. The van der Waals surface area contributed by atoms with Crippen LogP contribution < -0.4 is 9.04 Å². The van der Waals surface area contributed by atoms with Gasteiger partial charge in [-0.05, 0) is 80.4 Å². The van der Waals surface area contributed by atoms with Gasteiger partial charge in [0.15, 0.2) is 0 Å². The highest BCUT2D eigenvalue weighted by Gasteiger charge is 2.34. The van der Waals surface area contributed by atoms with Crippen molar-refractivity contribution < 1.29 is 22.7 Å². The molecule has 4 aromatic rings. The van der Waals surface area contributed by atoms with Gasteiger partial charge in [0.1, 0.15) is 5.75 Å². The Morgan fingerprint density at radius 2 is 1.25 bits per heavy atom. The molecule has 0 bridgehead atoms. The van der Waals surface area contributed by atoms with Crippen LogP contribution in [0.15, 0.2) is 90.3 Å². The molecule has 0 N–H and O–H groups in total. The fourth-order valence-corrected chi connectivity index (χ4v) is 5.78. The Kier molecular flexibility index (Phi) is 6.93. The summed E-state index contributed by atoms with van der Waals surface area (Å²) in [4.78, 5) is 33.7. The number of rotatable bonds is 6. The summed E-state index contributed by atoms with van der Waals surface area (Å²) in [7, 11) is -4.31. The first-order valence-corrected chi connectivity index (χ1v) is 12.4. The molecule has 0 aliphatic heterocycles. The molecule has 0 saturated carbocycles. The molecular formula is C27H23N3O5S. The van der Waals surface area contributed by atoms with Gasteiger partial charge in [0, 0.05) is 30.4 Å². The van der Waals surface area contributed by atoms with Gasteiger partial charge in [0.05, 0.1) is 16.1 Å². The van der Waals surface area contributed by atoms with Gasteiger partial charge in [-0.1, -0.05) is 17.7 Å². The average molecular weight is 502 g/mol. The third kappa shape index (κ3) is 5.01. The second-order valence-electron chi connectivity index (χ2n) is 8.16. The van der Waals surface area contributed by atoms with Crippen molar-refractivity contribution in [1.29, 1.82) is 0 Å². The molecule has 1 amide bonds. The van der Waals surface area contributed by atoms with Crippen LogP contribution in [0, 0.1) is 20.8 Å². The van der Waals surface area contributed by atoms with Crippen LogP contribution in [-0.4, -0.2) is 30.3 Å². The number of carbonyl (C=O) groups is 2. The summed E-state index contributed by atoms with van der Waals surface area (Å²) in [6.07, 6.45) is 5.79. The van der Waals surface area contributed by atoms with E-state index in [4.69, 9.17) is 4.74 Å². The Hall–Kier alpha value is -4.37. The lowest BCUT2D eigenvalue weighted by Crippen LogP contribution is -2.37. The maximum absolute atomic E-state index is 13.9. The zero-order chi connectivity index (χ0) is 25.9. The molecule has 0 aliphatic rings. The zero-order valence-electron chi connectivity index (χ0n) is 19.9. The van der Waals surface area contributed by atoms with E-state index in [0.29, 0.717) is 16.7 Å². The number of nitrogens with zero attached hydrogens (tertiary/aromatic N) is 3. The normalized spacial score (nSPS) is 11.1. The summed E-state index contributed by atoms with van der Waals surface area (Å²) in [6, 6.07) is 15.2. The van der Waals surface area contributed by atoms with E-state index in [9.17, 15) is 18.0 Å². The summed E-state index contributed by atoms with van der Waals surface area (Å²) in [6.45, 7) is 5.27. The van der Waals surface area contributed by atoms with E-state index in [1.54, 1.807) is 26.0 Å². The SMILES string of the molecule is Cc1cc(C)c(S(=O)(=O)N(C(=O)c2ccncc2)c2ccc(OC(=O)c3ccncc3)cc2)c(C)c1. The second-order valence-corrected chi connectivity index (χ2v) is 9.88. The number of aromatic nitrogens is 2. The molecule has 2 aromatic heterocycles. The largest absolute Gasteiger partial charge is 0.423 e. The van der Waals surface area contributed by atoms with Gasteiger partial charge in [-0.2, -0.15) is 4.31 Å². The third-order valence-electron chi connectivity index (χ3n) is 5.41. The van der Waals surface area contributed by atoms with E-state index >= 15 is 0 Å². The van der Waals surface area contributed by atoms with E-state index < -0.39 is 21.9 Å². The summed E-state index contributed by atoms with van der Waals surface area (Å²) in [5.74, 6) is -1.14. The van der Waals surface area contributed by atoms with Gasteiger partial charge in [0.25, 0.3) is 15.9 Å². The van der Waals surface area contributed by atoms with Crippen molar-refractivity contribution in [2.24, 2.45) is 0 Å². The lowest BCUT2D eigenvalue weighted by molar-refractivity contribution is 0.0734. The van der Waals surface area contributed by atoms with Gasteiger partial charge in [-0.3, -0.25) is 14.8 Å². The van der Waals surface area contributed by atoms with Crippen LogP contribution in [0.4, 0.5) is 5.69 Å². The molecule has 8 nitrogen and oxygen atoms in total. The van der Waals surface area contributed by atoms with E-state index in [1.165, 1.54) is 73.3 Å². The Balaban J connectivity index is 1.76. The van der Waals surface area contributed by atoms with Crippen LogP contribution in [0.5, 0.6) is 5.75 Å². The maximum atomic E-state index is 13.9. The number of pyridine rings is 2. The zero-order valence-corrected chi connectivity index (χ0v) is 20.7. The van der Waals surface area contributed by atoms with Crippen molar-refractivity contribution >= 4 is 27.6 Å². The van der Waals surface area contributed by atoms with Crippen LogP contribution in [-0.2, 0) is 10.0 Å². The number of anilines is 1. The van der Waals surface area contributed by atoms with Crippen LogP contribution in [0.2, 0.25) is 0 Å². The number of ether oxygens (including phenoxy) is 1. The molecule has 0 saturated heterocycles. The Bertz CT molecular complexity index is 1500. The van der Waals surface area contributed by atoms with Gasteiger partial charge in [-0.15, -0.1) is 0 Å². The predicted molar refractivity (Wildman–Crippen MR) is 135 cm³/mol. The van der Waals surface area contributed by atoms with E-state index in [0.717, 1.165) is 9.87 Å². The first kappa shape index (κ1) is 24.7. The Morgan fingerprint density at radius 3 is 1.78 bits per heavy atom. The van der Waals surface area contributed by atoms with Gasteiger partial charge in [0.2, 0.25) is 0 Å². The second kappa shape index (κ2) is 10.1. The molecule has 0 atom stereocenters. The van der Waals surface area contributed by atoms with Crippen molar-refractivity contribution in [3.05, 3.63) is 113 Å². The Morgan fingerprint density at radius 1 is 0.750 bits per heavy atom. The molecule has 4 rings (SSSR count). The minimum Gasteiger partial charge on any atom is -0.423 e. The molecule has 9 heteroatoms. The van der Waals surface area contributed by atoms with Crippen molar-refractivity contribution in [3.8, 4) is 5.75 Å². The van der Waals surface area contributed by atoms with Crippen molar-refractivity contribution in [2.45, 2.75) is 25.7 Å². The molecule has 182 valence electrons. The Labute approximate surface area is 209 Å². The molecule has 2 aromatic carbocycles. The minimum atomic E-state index is -4.31. The predicted octanol–water partition coefficient (Wildman–Crippen LogP) is 4.66. The number of amides is 1. The van der Waals surface area contributed by atoms with Crippen molar-refractivity contribution in [2.75, 3.05) is 4.31 Å². The van der Waals surface area contributed by atoms with E-state index in [-0.39, 0.29) is 21.9 Å². The number of esters is 1. The lowest BCUT2D eigenvalue weighted by atomic mass is 10.1. The first-order chi connectivity index (χ1) is 17.2. The fraction of sp³-hybridized carbons (Fsp3) is 0.111. The summed E-state index contributed by atoms with van der Waals surface area (Å²) < 4.78 is 34.0. The van der Waals surface area contributed by atoms with E-state index in [1.807, 2.05) is 6.92 Å². The topological polar surface area (TPSA) is 107 Å². The van der Waals surface area contributed by atoms with Crippen LogP contribution in [0.25, 0.3) is 0 Å². The molecule has 2 heterocycles. The number of benzene rings is 2. The third-order valence-corrected chi connectivity index (χ3v) is 7.43. The van der Waals surface area contributed by atoms with Gasteiger partial charge in [-0.25, -0.2) is 13.2 Å². The van der Waals surface area contributed by atoms with Crippen molar-refractivity contribution in [1.82, 2.24) is 9.97 Å². The minimum absolute atomic E-state index is 0.0590. The van der Waals surface area contributed by atoms with Gasteiger partial charge >= 0.3 is 5.97 Å².